The predicted molar refractivity (Wildman–Crippen MR) is 104 cm³/mol. The summed E-state index contributed by atoms with van der Waals surface area (Å²) in [6.45, 7) is 4.41. The molecule has 1 saturated heterocycles. The van der Waals surface area contributed by atoms with Crippen LogP contribution >= 0.6 is 12.2 Å². The summed E-state index contributed by atoms with van der Waals surface area (Å²) in [5, 5.41) is 4.34. The van der Waals surface area contributed by atoms with Crippen molar-refractivity contribution >= 4 is 17.3 Å². The summed E-state index contributed by atoms with van der Waals surface area (Å²) in [4.78, 5) is 6.92. The Balaban J connectivity index is 1.70. The van der Waals surface area contributed by atoms with E-state index in [4.69, 9.17) is 12.2 Å². The van der Waals surface area contributed by atoms with Crippen LogP contribution in [-0.2, 0) is 0 Å². The van der Waals surface area contributed by atoms with Crippen LogP contribution in [0.25, 0.3) is 0 Å². The van der Waals surface area contributed by atoms with Crippen molar-refractivity contribution < 1.29 is 0 Å². The number of thiocarbonyl (C=S) groups is 1. The molecule has 1 N–H and O–H groups in total. The molecule has 0 aromatic carbocycles. The van der Waals surface area contributed by atoms with Gasteiger partial charge in [-0.1, -0.05) is 18.9 Å². The number of nitrogens with one attached hydrogen (secondary N) is 1. The van der Waals surface area contributed by atoms with E-state index in [1.165, 1.54) is 31.2 Å². The van der Waals surface area contributed by atoms with Crippen LogP contribution in [-0.4, -0.2) is 25.6 Å². The average Bonchev–Trinajstić information content (AvgIpc) is 3.34. The highest BCUT2D eigenvalue weighted by atomic mass is 32.1. The van der Waals surface area contributed by atoms with Crippen LogP contribution in [0.15, 0.2) is 42.9 Å². The third-order valence-electron chi connectivity index (χ3n) is 5.52. The largest absolute Gasteiger partial charge is 0.352 e. The Hall–Kier alpha value is -1.88. The first-order valence-corrected chi connectivity index (χ1v) is 9.73. The summed E-state index contributed by atoms with van der Waals surface area (Å²) in [6, 6.07) is 9.65. The minimum Gasteiger partial charge on any atom is -0.352 e. The van der Waals surface area contributed by atoms with Crippen LogP contribution in [0, 0.1) is 0 Å². The molecule has 2 atom stereocenters. The SMILES string of the molecule is CC(C)N1C(=S)N[C@@H](c2ccccn2)[C@@H]1c1ccn(C2CCCC2)c1. The van der Waals surface area contributed by atoms with Gasteiger partial charge in [-0.25, -0.2) is 0 Å². The Kier molecular flexibility index (Phi) is 4.50. The summed E-state index contributed by atoms with van der Waals surface area (Å²) in [6.07, 6.45) is 11.7. The van der Waals surface area contributed by atoms with Crippen molar-refractivity contribution in [3.8, 4) is 0 Å². The number of rotatable bonds is 4. The van der Waals surface area contributed by atoms with Crippen LogP contribution in [0.3, 0.4) is 0 Å². The van der Waals surface area contributed by atoms with Crippen LogP contribution in [0.1, 0.15) is 68.9 Å². The zero-order chi connectivity index (χ0) is 17.4. The van der Waals surface area contributed by atoms with Crippen LogP contribution in [0.2, 0.25) is 0 Å². The second kappa shape index (κ2) is 6.79. The van der Waals surface area contributed by atoms with E-state index in [-0.39, 0.29) is 12.1 Å². The molecule has 4 rings (SSSR count). The maximum absolute atomic E-state index is 5.67. The molecule has 4 nitrogen and oxygen atoms in total. The fourth-order valence-corrected chi connectivity index (χ4v) is 4.76. The van der Waals surface area contributed by atoms with Crippen LogP contribution in [0.4, 0.5) is 0 Å². The van der Waals surface area contributed by atoms with E-state index in [1.807, 2.05) is 18.3 Å². The molecule has 2 aliphatic rings. The lowest BCUT2D eigenvalue weighted by Crippen LogP contribution is -2.35. The number of hydrogen-bond acceptors (Lipinski definition) is 2. The van der Waals surface area contributed by atoms with E-state index < -0.39 is 0 Å². The van der Waals surface area contributed by atoms with Gasteiger partial charge in [0.2, 0.25) is 0 Å². The number of nitrogens with zero attached hydrogens (tertiary/aromatic N) is 3. The van der Waals surface area contributed by atoms with Crippen molar-refractivity contribution in [3.63, 3.8) is 0 Å². The molecule has 2 aromatic heterocycles. The molecule has 0 spiro atoms. The average molecular weight is 355 g/mol. The van der Waals surface area contributed by atoms with Gasteiger partial charge in [0, 0.05) is 30.7 Å². The van der Waals surface area contributed by atoms with Crippen molar-refractivity contribution in [1.82, 2.24) is 19.8 Å². The minimum atomic E-state index is 0.0931. The standard InChI is InChI=1S/C20H26N4S/c1-14(2)24-19(15-10-12-23(13-15)16-7-3-4-8-16)18(22-20(24)25)17-9-5-6-11-21-17/h5-6,9-14,16,18-19H,3-4,7-8H2,1-2H3,(H,22,25)/t18-,19-/m0/s1. The van der Waals surface area contributed by atoms with Gasteiger partial charge in [-0.3, -0.25) is 4.98 Å². The molecule has 0 amide bonds. The van der Waals surface area contributed by atoms with Crippen LogP contribution < -0.4 is 5.32 Å². The van der Waals surface area contributed by atoms with Gasteiger partial charge in [0.15, 0.2) is 5.11 Å². The normalized spacial score (nSPS) is 24.3. The lowest BCUT2D eigenvalue weighted by Gasteiger charge is -2.30. The molecule has 3 heterocycles. The molecule has 0 bridgehead atoms. The first kappa shape index (κ1) is 16.6. The monoisotopic (exact) mass is 354 g/mol. The second-order valence-electron chi connectivity index (χ2n) is 7.46. The van der Waals surface area contributed by atoms with Crippen molar-refractivity contribution in [2.24, 2.45) is 0 Å². The number of aromatic nitrogens is 2. The molecule has 25 heavy (non-hydrogen) atoms. The van der Waals surface area contributed by atoms with E-state index >= 15 is 0 Å². The molecule has 2 fully saturated rings. The molecule has 0 unspecified atom stereocenters. The van der Waals surface area contributed by atoms with E-state index in [1.54, 1.807) is 0 Å². The van der Waals surface area contributed by atoms with Crippen molar-refractivity contribution in [3.05, 3.63) is 54.1 Å². The fraction of sp³-hybridized carbons (Fsp3) is 0.500. The maximum atomic E-state index is 5.67. The van der Waals surface area contributed by atoms with Crippen molar-refractivity contribution in [2.75, 3.05) is 0 Å². The van der Waals surface area contributed by atoms with E-state index in [0.717, 1.165) is 10.8 Å². The Morgan fingerprint density at radius 3 is 2.68 bits per heavy atom. The van der Waals surface area contributed by atoms with Gasteiger partial charge in [0.05, 0.1) is 17.8 Å². The summed E-state index contributed by atoms with van der Waals surface area (Å²) in [5.74, 6) is 0. The third kappa shape index (κ3) is 3.06. The molecular weight excluding hydrogens is 328 g/mol. The van der Waals surface area contributed by atoms with Gasteiger partial charge >= 0.3 is 0 Å². The Morgan fingerprint density at radius 1 is 1.20 bits per heavy atom. The van der Waals surface area contributed by atoms with Gasteiger partial charge < -0.3 is 14.8 Å². The summed E-state index contributed by atoms with van der Waals surface area (Å²) < 4.78 is 2.41. The predicted octanol–water partition coefficient (Wildman–Crippen LogP) is 4.38. The molecule has 1 aliphatic heterocycles. The minimum absolute atomic E-state index is 0.0931. The summed E-state index contributed by atoms with van der Waals surface area (Å²) in [7, 11) is 0. The first-order chi connectivity index (χ1) is 12.1. The molecule has 1 saturated carbocycles. The van der Waals surface area contributed by atoms with Crippen molar-refractivity contribution in [2.45, 2.75) is 63.7 Å². The quantitative estimate of drug-likeness (QED) is 0.826. The molecule has 2 aromatic rings. The molecule has 5 heteroatoms. The Labute approximate surface area is 155 Å². The van der Waals surface area contributed by atoms with Gasteiger partial charge in [-0.2, -0.15) is 0 Å². The molecule has 132 valence electrons. The lowest BCUT2D eigenvalue weighted by molar-refractivity contribution is 0.269. The van der Waals surface area contributed by atoms with Gasteiger partial charge in [0.1, 0.15) is 0 Å². The first-order valence-electron chi connectivity index (χ1n) is 9.32. The fourth-order valence-electron chi connectivity index (χ4n) is 4.31. The third-order valence-corrected chi connectivity index (χ3v) is 5.85. The zero-order valence-corrected chi connectivity index (χ0v) is 15.7. The van der Waals surface area contributed by atoms with Gasteiger partial charge in [0.25, 0.3) is 0 Å². The maximum Gasteiger partial charge on any atom is 0.170 e. The van der Waals surface area contributed by atoms with Crippen LogP contribution in [0.5, 0.6) is 0 Å². The lowest BCUT2D eigenvalue weighted by atomic mass is 9.98. The number of hydrogen-bond donors (Lipinski definition) is 1. The highest BCUT2D eigenvalue weighted by Crippen LogP contribution is 2.40. The topological polar surface area (TPSA) is 33.1 Å². The highest BCUT2D eigenvalue weighted by Gasteiger charge is 2.41. The smallest absolute Gasteiger partial charge is 0.170 e. The Bertz CT molecular complexity index is 733. The molecular formula is C20H26N4S. The molecule has 1 aliphatic carbocycles. The highest BCUT2D eigenvalue weighted by molar-refractivity contribution is 7.80. The van der Waals surface area contributed by atoms with Crippen molar-refractivity contribution in [1.29, 1.82) is 0 Å². The Morgan fingerprint density at radius 2 is 2.00 bits per heavy atom. The van der Waals surface area contributed by atoms with E-state index in [2.05, 4.69) is 58.1 Å². The van der Waals surface area contributed by atoms with E-state index in [9.17, 15) is 0 Å². The summed E-state index contributed by atoms with van der Waals surface area (Å²) in [5.41, 5.74) is 2.37. The molecule has 0 radical (unpaired) electrons. The second-order valence-corrected chi connectivity index (χ2v) is 7.84. The van der Waals surface area contributed by atoms with Gasteiger partial charge in [-0.05, 0) is 62.7 Å². The van der Waals surface area contributed by atoms with Gasteiger partial charge in [-0.15, -0.1) is 0 Å². The number of pyridine rings is 1. The van der Waals surface area contributed by atoms with E-state index in [0.29, 0.717) is 12.1 Å². The zero-order valence-electron chi connectivity index (χ0n) is 14.9. The summed E-state index contributed by atoms with van der Waals surface area (Å²) >= 11 is 5.67.